The quantitative estimate of drug-likeness (QED) is 0.633. The van der Waals surface area contributed by atoms with Crippen LogP contribution >= 0.6 is 0 Å². The second-order valence-electron chi connectivity index (χ2n) is 3.49. The number of carbonyl (C=O) groups is 1. The van der Waals surface area contributed by atoms with E-state index in [0.717, 1.165) is 5.57 Å². The molecule has 0 saturated heterocycles. The molecule has 0 aromatic carbocycles. The molecule has 0 aliphatic carbocycles. The van der Waals surface area contributed by atoms with E-state index in [4.69, 9.17) is 0 Å². The summed E-state index contributed by atoms with van der Waals surface area (Å²) >= 11 is 0. The Morgan fingerprint density at radius 1 is 1.42 bits per heavy atom. The molecule has 3 heteroatoms. The monoisotopic (exact) mass is 169 g/mol. The largest absolute Gasteiger partial charge is 0.369 e. The number of amides is 1. The summed E-state index contributed by atoms with van der Waals surface area (Å²) in [5.41, 5.74) is 1.45. The highest BCUT2D eigenvalue weighted by Crippen LogP contribution is 2.25. The molecule has 1 aliphatic rings. The lowest BCUT2D eigenvalue weighted by Gasteiger charge is -2.25. The van der Waals surface area contributed by atoms with Crippen LogP contribution in [0.25, 0.3) is 0 Å². The summed E-state index contributed by atoms with van der Waals surface area (Å²) in [6.45, 7) is 7.34. The Balaban J connectivity index is 2.95. The van der Waals surface area contributed by atoms with Crippen LogP contribution in [0.15, 0.2) is 11.1 Å². The van der Waals surface area contributed by atoms with Gasteiger partial charge in [0.1, 0.15) is 0 Å². The fourth-order valence-corrected chi connectivity index (χ4v) is 1.39. The van der Waals surface area contributed by atoms with Crippen LogP contribution in [0, 0.1) is 0 Å². The molecular weight excluding hydrogens is 154 g/mol. The van der Waals surface area contributed by atoms with Gasteiger partial charge in [0.05, 0.1) is 0 Å². The van der Waals surface area contributed by atoms with Gasteiger partial charge in [-0.25, -0.2) is 0 Å². The van der Waals surface area contributed by atoms with Crippen molar-refractivity contribution in [2.75, 3.05) is 0 Å². The number of rotatable bonds is 1. The molecular formula is C9H15NO2. The molecule has 0 spiro atoms. The average molecular weight is 169 g/mol. The van der Waals surface area contributed by atoms with Crippen molar-refractivity contribution in [2.45, 2.75) is 40.0 Å². The Bertz CT molecular complexity index is 243. The van der Waals surface area contributed by atoms with Crippen LogP contribution in [0.4, 0.5) is 0 Å². The first kappa shape index (κ1) is 9.26. The predicted molar refractivity (Wildman–Crippen MR) is 46.4 cm³/mol. The van der Waals surface area contributed by atoms with Crippen molar-refractivity contribution >= 4 is 5.91 Å². The lowest BCUT2D eigenvalue weighted by atomic mass is 10.2. The molecule has 0 bridgehead atoms. The number of hydrogen-bond donors (Lipinski definition) is 1. The molecule has 1 amide bonds. The third kappa shape index (κ3) is 1.14. The van der Waals surface area contributed by atoms with Crippen molar-refractivity contribution in [2.24, 2.45) is 0 Å². The van der Waals surface area contributed by atoms with E-state index < -0.39 is 6.23 Å². The molecule has 3 nitrogen and oxygen atoms in total. The zero-order valence-electron chi connectivity index (χ0n) is 7.96. The molecule has 0 radical (unpaired) electrons. The highest BCUT2D eigenvalue weighted by Gasteiger charge is 2.34. The summed E-state index contributed by atoms with van der Waals surface area (Å²) in [6, 6.07) is 0.0555. The number of aliphatic hydroxyl groups is 1. The smallest absolute Gasteiger partial charge is 0.252 e. The number of hydrogen-bond acceptors (Lipinski definition) is 2. The topological polar surface area (TPSA) is 40.5 Å². The Morgan fingerprint density at radius 3 is 2.08 bits per heavy atom. The molecule has 1 unspecified atom stereocenters. The molecule has 0 aromatic heterocycles. The minimum atomic E-state index is -0.711. The van der Waals surface area contributed by atoms with Crippen LogP contribution in [-0.4, -0.2) is 28.2 Å². The summed E-state index contributed by atoms with van der Waals surface area (Å²) in [5.74, 6) is -0.0463. The molecule has 0 saturated carbocycles. The lowest BCUT2D eigenvalue weighted by Crippen LogP contribution is -2.40. The maximum atomic E-state index is 11.5. The summed E-state index contributed by atoms with van der Waals surface area (Å²) in [5, 5.41) is 9.62. The normalized spacial score (nSPS) is 24.7. The summed E-state index contributed by atoms with van der Waals surface area (Å²) in [7, 11) is 0. The number of carbonyl (C=O) groups excluding carboxylic acids is 1. The van der Waals surface area contributed by atoms with E-state index >= 15 is 0 Å². The van der Waals surface area contributed by atoms with E-state index in [2.05, 4.69) is 0 Å². The molecule has 1 atom stereocenters. The van der Waals surface area contributed by atoms with Gasteiger partial charge in [-0.2, -0.15) is 0 Å². The minimum Gasteiger partial charge on any atom is -0.369 e. The van der Waals surface area contributed by atoms with E-state index in [9.17, 15) is 9.90 Å². The average Bonchev–Trinajstić information content (AvgIpc) is 2.16. The van der Waals surface area contributed by atoms with Gasteiger partial charge < -0.3 is 10.0 Å². The second kappa shape index (κ2) is 2.90. The van der Waals surface area contributed by atoms with Crippen molar-refractivity contribution in [1.82, 2.24) is 4.90 Å². The lowest BCUT2D eigenvalue weighted by molar-refractivity contribution is -0.134. The van der Waals surface area contributed by atoms with E-state index in [1.807, 2.05) is 13.8 Å². The Hall–Kier alpha value is -0.830. The van der Waals surface area contributed by atoms with Crippen molar-refractivity contribution < 1.29 is 9.90 Å². The predicted octanol–water partition coefficient (Wildman–Crippen LogP) is 0.892. The Kier molecular flexibility index (Phi) is 2.24. The van der Waals surface area contributed by atoms with Gasteiger partial charge in [0.25, 0.3) is 5.91 Å². The molecule has 1 heterocycles. The Morgan fingerprint density at radius 2 is 1.92 bits per heavy atom. The summed E-state index contributed by atoms with van der Waals surface area (Å²) in [6.07, 6.45) is -0.711. The molecule has 0 aromatic rings. The van der Waals surface area contributed by atoms with Gasteiger partial charge in [-0.15, -0.1) is 0 Å². The van der Waals surface area contributed by atoms with E-state index in [-0.39, 0.29) is 11.9 Å². The zero-order chi connectivity index (χ0) is 9.46. The van der Waals surface area contributed by atoms with Crippen LogP contribution in [0.1, 0.15) is 27.7 Å². The van der Waals surface area contributed by atoms with Crippen molar-refractivity contribution in [3.63, 3.8) is 0 Å². The first-order valence-corrected chi connectivity index (χ1v) is 4.15. The van der Waals surface area contributed by atoms with Crippen molar-refractivity contribution in [3.8, 4) is 0 Å². The van der Waals surface area contributed by atoms with E-state index in [0.29, 0.717) is 5.57 Å². The third-order valence-corrected chi connectivity index (χ3v) is 2.35. The van der Waals surface area contributed by atoms with Crippen LogP contribution in [-0.2, 0) is 4.79 Å². The van der Waals surface area contributed by atoms with Gasteiger partial charge in [0, 0.05) is 11.6 Å². The van der Waals surface area contributed by atoms with Crippen LogP contribution in [0.3, 0.4) is 0 Å². The summed E-state index contributed by atoms with van der Waals surface area (Å²) < 4.78 is 0. The van der Waals surface area contributed by atoms with Crippen LogP contribution in [0.2, 0.25) is 0 Å². The van der Waals surface area contributed by atoms with Crippen LogP contribution in [0.5, 0.6) is 0 Å². The first-order chi connectivity index (χ1) is 5.46. The fourth-order valence-electron chi connectivity index (χ4n) is 1.39. The SMILES string of the molecule is CC1=C(C)C(O)N(C(C)C)C1=O. The van der Waals surface area contributed by atoms with E-state index in [1.165, 1.54) is 4.90 Å². The molecule has 68 valence electrons. The van der Waals surface area contributed by atoms with Crippen molar-refractivity contribution in [1.29, 1.82) is 0 Å². The van der Waals surface area contributed by atoms with Gasteiger partial charge in [-0.3, -0.25) is 4.79 Å². The first-order valence-electron chi connectivity index (χ1n) is 4.15. The molecule has 12 heavy (non-hydrogen) atoms. The summed E-state index contributed by atoms with van der Waals surface area (Å²) in [4.78, 5) is 13.0. The number of nitrogens with zero attached hydrogens (tertiary/aromatic N) is 1. The molecule has 1 N–H and O–H groups in total. The fraction of sp³-hybridized carbons (Fsp3) is 0.667. The maximum absolute atomic E-state index is 11.5. The Labute approximate surface area is 72.7 Å². The number of aliphatic hydroxyl groups excluding tert-OH is 1. The van der Waals surface area contributed by atoms with Crippen molar-refractivity contribution in [3.05, 3.63) is 11.1 Å². The molecule has 1 rings (SSSR count). The minimum absolute atomic E-state index is 0.0463. The van der Waals surface area contributed by atoms with Gasteiger partial charge in [0.2, 0.25) is 0 Å². The maximum Gasteiger partial charge on any atom is 0.252 e. The highest BCUT2D eigenvalue weighted by molar-refractivity contribution is 5.96. The van der Waals surface area contributed by atoms with Gasteiger partial charge in [-0.1, -0.05) is 0 Å². The van der Waals surface area contributed by atoms with E-state index in [1.54, 1.807) is 13.8 Å². The van der Waals surface area contributed by atoms with Gasteiger partial charge in [-0.05, 0) is 33.3 Å². The highest BCUT2D eigenvalue weighted by atomic mass is 16.3. The third-order valence-electron chi connectivity index (χ3n) is 2.35. The standard InChI is InChI=1S/C9H15NO2/c1-5(2)10-8(11)6(3)7(4)9(10)12/h5,8,11H,1-4H3. The van der Waals surface area contributed by atoms with Gasteiger partial charge >= 0.3 is 0 Å². The molecule has 1 aliphatic heterocycles. The van der Waals surface area contributed by atoms with Gasteiger partial charge in [0.15, 0.2) is 6.23 Å². The zero-order valence-corrected chi connectivity index (χ0v) is 7.96. The molecule has 0 fully saturated rings. The van der Waals surface area contributed by atoms with Crippen LogP contribution < -0.4 is 0 Å². The second-order valence-corrected chi connectivity index (χ2v) is 3.49.